The average Bonchev–Trinajstić information content (AvgIpc) is 3.36. The molecule has 0 bridgehead atoms. The first-order chi connectivity index (χ1) is 21.1. The number of hydrogen-bond acceptors (Lipinski definition) is 3. The predicted molar refractivity (Wildman–Crippen MR) is 181 cm³/mol. The van der Waals surface area contributed by atoms with Gasteiger partial charge in [-0.15, -0.1) is 59.2 Å². The fourth-order valence-corrected chi connectivity index (χ4v) is 8.09. The molecule has 0 atom stereocenters. The van der Waals surface area contributed by atoms with Crippen LogP contribution in [0.15, 0.2) is 79.1 Å². The van der Waals surface area contributed by atoms with Crippen LogP contribution in [0.2, 0.25) is 19.6 Å². The zero-order chi connectivity index (χ0) is 32.7. The first-order valence-electron chi connectivity index (χ1n) is 15.8. The first-order valence-corrected chi connectivity index (χ1v) is 18.1. The molecule has 0 fully saturated rings. The molecule has 5 heteroatoms. The van der Waals surface area contributed by atoms with Crippen molar-refractivity contribution in [2.24, 2.45) is 0 Å². The zero-order valence-corrected chi connectivity index (χ0v) is 29.4. The van der Waals surface area contributed by atoms with Gasteiger partial charge in [0, 0.05) is 42.7 Å². The molecule has 0 N–H and O–H groups in total. The summed E-state index contributed by atoms with van der Waals surface area (Å²) in [6, 6.07) is 28.3. The molecule has 0 saturated carbocycles. The third kappa shape index (κ3) is 6.98. The molecule has 0 unspecified atom stereocenters. The Morgan fingerprint density at radius 3 is 2.40 bits per heavy atom. The van der Waals surface area contributed by atoms with E-state index < -0.39 is 20.8 Å². The van der Waals surface area contributed by atoms with Gasteiger partial charge in [0.05, 0.1) is 8.07 Å². The van der Waals surface area contributed by atoms with Crippen LogP contribution in [0.3, 0.4) is 0 Å². The molecule has 3 aromatic carbocycles. The smallest absolute Gasteiger partial charge is 0.0798 e. The molecule has 217 valence electrons. The van der Waals surface area contributed by atoms with E-state index in [1.165, 1.54) is 38.7 Å². The number of rotatable bonds is 5. The minimum Gasteiger partial charge on any atom is -0.305 e. The molecule has 0 spiro atoms. The summed E-state index contributed by atoms with van der Waals surface area (Å²) in [5.74, 6) is 0. The Morgan fingerprint density at radius 1 is 0.905 bits per heavy atom. The maximum absolute atomic E-state index is 8.24. The van der Waals surface area contributed by atoms with Gasteiger partial charge in [-0.1, -0.05) is 86.2 Å². The third-order valence-electron chi connectivity index (χ3n) is 7.09. The van der Waals surface area contributed by atoms with Crippen LogP contribution in [0.5, 0.6) is 0 Å². The number of benzene rings is 3. The van der Waals surface area contributed by atoms with Gasteiger partial charge >= 0.3 is 0 Å². The monoisotopic (exact) mass is 767 g/mol. The molecule has 6 rings (SSSR count). The van der Waals surface area contributed by atoms with Gasteiger partial charge in [0.2, 0.25) is 0 Å². The van der Waals surface area contributed by atoms with Crippen molar-refractivity contribution >= 4 is 44.8 Å². The molecule has 0 aliphatic rings. The number of fused-ring (bicyclic) bond motifs is 3. The van der Waals surface area contributed by atoms with Gasteiger partial charge in [0.15, 0.2) is 0 Å². The van der Waals surface area contributed by atoms with Crippen molar-refractivity contribution in [3.63, 3.8) is 0 Å². The van der Waals surface area contributed by atoms with E-state index in [9.17, 15) is 0 Å². The summed E-state index contributed by atoms with van der Waals surface area (Å²) >= 11 is 1.69. The van der Waals surface area contributed by atoms with Crippen molar-refractivity contribution < 1.29 is 25.6 Å². The maximum Gasteiger partial charge on any atom is 0.0798 e. The van der Waals surface area contributed by atoms with E-state index in [0.29, 0.717) is 5.69 Å². The third-order valence-corrected chi connectivity index (χ3v) is 10.4. The number of hydrogen-bond donors (Lipinski definition) is 0. The number of aryl methyl sites for hydroxylation is 4. The van der Waals surface area contributed by atoms with Gasteiger partial charge in [-0.25, -0.2) is 0 Å². The van der Waals surface area contributed by atoms with Gasteiger partial charge in [0.1, 0.15) is 0 Å². The van der Waals surface area contributed by atoms with Crippen LogP contribution >= 0.6 is 11.3 Å². The van der Waals surface area contributed by atoms with E-state index in [2.05, 4.69) is 99.0 Å². The molecule has 1 radical (unpaired) electrons. The fraction of sp³-hybridized carbons (Fsp3) is 0.243. The van der Waals surface area contributed by atoms with E-state index in [1.807, 2.05) is 24.3 Å². The van der Waals surface area contributed by atoms with Gasteiger partial charge in [-0.05, 0) is 59.0 Å². The Morgan fingerprint density at radius 2 is 1.71 bits per heavy atom. The fourth-order valence-electron chi connectivity index (χ4n) is 5.12. The van der Waals surface area contributed by atoms with E-state index >= 15 is 0 Å². The topological polar surface area (TPSA) is 25.8 Å². The number of thiophene rings is 1. The molecule has 6 aromatic rings. The summed E-state index contributed by atoms with van der Waals surface area (Å²) in [5, 5.41) is 3.83. The second-order valence-electron chi connectivity index (χ2n) is 11.4. The number of pyridine rings is 2. The summed E-state index contributed by atoms with van der Waals surface area (Å²) in [4.78, 5) is 9.04. The SMILES string of the molecule is Cc1cc(-c2[c-]cccc2)ncc1[Si](C)(C)C.[2H]C([2H])(C)C([2H])([2H])c1ccnc(-c2[c-]cc(C)c3c2sc2ccc(C)cc23)c1.[Ir]. The van der Waals surface area contributed by atoms with Gasteiger partial charge < -0.3 is 9.97 Å². The second kappa shape index (κ2) is 13.6. The summed E-state index contributed by atoms with van der Waals surface area (Å²) in [7, 11) is -1.27. The maximum atomic E-state index is 8.24. The minimum atomic E-state index is -2.12. The molecular weight excluding hydrogens is 725 g/mol. The van der Waals surface area contributed by atoms with E-state index in [-0.39, 0.29) is 25.7 Å². The van der Waals surface area contributed by atoms with Gasteiger partial charge in [0.25, 0.3) is 0 Å². The molecule has 3 aromatic heterocycles. The van der Waals surface area contributed by atoms with Gasteiger partial charge in [-0.3, -0.25) is 0 Å². The molecule has 0 saturated heterocycles. The number of nitrogens with zero attached hydrogens (tertiary/aromatic N) is 2. The molecule has 0 aliphatic heterocycles. The van der Waals surface area contributed by atoms with Crippen molar-refractivity contribution in [3.8, 4) is 22.5 Å². The Bertz CT molecular complexity index is 2000. The van der Waals surface area contributed by atoms with Crippen molar-refractivity contribution in [1.82, 2.24) is 9.97 Å². The van der Waals surface area contributed by atoms with Crippen molar-refractivity contribution in [3.05, 3.63) is 114 Å². The Labute approximate surface area is 275 Å². The molecule has 0 amide bonds. The Hall–Kier alpha value is -2.95. The molecule has 2 nitrogen and oxygen atoms in total. The van der Waals surface area contributed by atoms with Crippen LogP contribution in [-0.2, 0) is 26.5 Å². The Balaban J connectivity index is 0.000000230. The predicted octanol–water partition coefficient (Wildman–Crippen LogP) is 9.89. The summed E-state index contributed by atoms with van der Waals surface area (Å²) in [5.41, 5.74) is 7.51. The van der Waals surface area contributed by atoms with Crippen LogP contribution in [-0.4, -0.2) is 18.0 Å². The Kier molecular flexibility index (Phi) is 8.61. The van der Waals surface area contributed by atoms with Crippen molar-refractivity contribution in [2.75, 3.05) is 0 Å². The van der Waals surface area contributed by atoms with Crippen molar-refractivity contribution in [2.45, 2.75) is 60.1 Å². The van der Waals surface area contributed by atoms with E-state index in [4.69, 9.17) is 5.48 Å². The zero-order valence-electron chi connectivity index (χ0n) is 29.1. The molecular formula is C37H38IrN2SSi-2. The standard InChI is InChI=1S/C22H20NS.C15H18NSi.Ir/c1-4-5-16-10-11-23-19(13-16)17-8-7-15(3)21-18-12-14(2)6-9-20(18)24-22(17)21;1-12-10-14(13-8-6-5-7-9-13)16-11-15(12)17(2,3)4;/h6-7,9-13H,4-5H2,1-3H3;5-8,10-11H,1-4H3;/q2*-1;/i4D2,5D2;;. The quantitative estimate of drug-likeness (QED) is 0.129. The van der Waals surface area contributed by atoms with Crippen LogP contribution in [0.1, 0.15) is 41.0 Å². The van der Waals surface area contributed by atoms with Crippen LogP contribution in [0, 0.1) is 32.9 Å². The molecule has 0 aliphatic carbocycles. The normalized spacial score (nSPS) is 13.3. The van der Waals surface area contributed by atoms with Gasteiger partial charge in [-0.2, -0.15) is 11.3 Å². The summed E-state index contributed by atoms with van der Waals surface area (Å²) in [6.45, 7) is 14.7. The minimum absolute atomic E-state index is 0. The molecule has 3 heterocycles. The first kappa shape index (κ1) is 26.7. The average molecular weight is 767 g/mol. The van der Waals surface area contributed by atoms with Crippen LogP contribution in [0.4, 0.5) is 0 Å². The van der Waals surface area contributed by atoms with Crippen molar-refractivity contribution in [1.29, 1.82) is 0 Å². The largest absolute Gasteiger partial charge is 0.305 e. The molecule has 42 heavy (non-hydrogen) atoms. The summed E-state index contributed by atoms with van der Waals surface area (Å²) in [6.07, 6.45) is -0.526. The van der Waals surface area contributed by atoms with Crippen LogP contribution < -0.4 is 5.19 Å². The number of aromatic nitrogens is 2. The summed E-state index contributed by atoms with van der Waals surface area (Å²) < 4.78 is 34.5. The van der Waals surface area contributed by atoms with E-state index in [0.717, 1.165) is 27.1 Å². The second-order valence-corrected chi connectivity index (χ2v) is 17.5. The van der Waals surface area contributed by atoms with E-state index in [1.54, 1.807) is 29.7 Å². The van der Waals surface area contributed by atoms with Crippen LogP contribution in [0.25, 0.3) is 42.7 Å².